The summed E-state index contributed by atoms with van der Waals surface area (Å²) < 4.78 is 24.8. The number of aromatic amines is 1. The van der Waals surface area contributed by atoms with Crippen molar-refractivity contribution in [3.8, 4) is 6.07 Å². The Morgan fingerprint density at radius 1 is 1.36 bits per heavy atom. The minimum Gasteiger partial charge on any atom is -0.356 e. The first-order valence-corrected chi connectivity index (χ1v) is 10.3. The van der Waals surface area contributed by atoms with E-state index in [9.17, 15) is 8.42 Å². The topological polar surface area (TPSA) is 103 Å². The van der Waals surface area contributed by atoms with Gasteiger partial charge in [0, 0.05) is 25.7 Å². The standard InChI is InChI=1S/C17H21N5O2S/c1-22(17-14-3-5-19-16(14)20-10-21-17)13-6-11(7-13)9-25(23,24)15-8-12(15)2-4-18/h3,5,10-13,15H,2,6-9H2,1H3,(H,19,20,21)/t11?,12-,13?,15-/m0/s1. The van der Waals surface area contributed by atoms with Gasteiger partial charge >= 0.3 is 0 Å². The van der Waals surface area contributed by atoms with Gasteiger partial charge < -0.3 is 9.88 Å². The lowest BCUT2D eigenvalue weighted by molar-refractivity contribution is 0.282. The Morgan fingerprint density at radius 3 is 2.92 bits per heavy atom. The molecule has 0 bridgehead atoms. The molecule has 132 valence electrons. The molecule has 2 aliphatic carbocycles. The molecule has 0 spiro atoms. The molecule has 2 fully saturated rings. The van der Waals surface area contributed by atoms with E-state index < -0.39 is 9.84 Å². The summed E-state index contributed by atoms with van der Waals surface area (Å²) in [5.74, 6) is 1.42. The van der Waals surface area contributed by atoms with Gasteiger partial charge in [0.1, 0.15) is 17.8 Å². The van der Waals surface area contributed by atoms with Crippen LogP contribution in [-0.4, -0.2) is 47.5 Å². The zero-order chi connectivity index (χ0) is 17.6. The molecular formula is C17H21N5O2S. The molecule has 0 unspecified atom stereocenters. The maximum Gasteiger partial charge on any atom is 0.153 e. The van der Waals surface area contributed by atoms with Crippen LogP contribution in [0.3, 0.4) is 0 Å². The summed E-state index contributed by atoms with van der Waals surface area (Å²) in [6.07, 6.45) is 6.15. The molecular weight excluding hydrogens is 338 g/mol. The van der Waals surface area contributed by atoms with E-state index in [1.54, 1.807) is 6.33 Å². The van der Waals surface area contributed by atoms with Crippen LogP contribution in [0.2, 0.25) is 0 Å². The van der Waals surface area contributed by atoms with E-state index in [0.717, 1.165) is 29.7 Å². The van der Waals surface area contributed by atoms with Crippen LogP contribution in [0.4, 0.5) is 5.82 Å². The second-order valence-electron chi connectivity index (χ2n) is 7.27. The van der Waals surface area contributed by atoms with Crippen LogP contribution in [0.5, 0.6) is 0 Å². The minimum atomic E-state index is -3.06. The molecule has 25 heavy (non-hydrogen) atoms. The lowest BCUT2D eigenvalue weighted by Gasteiger charge is -2.41. The molecule has 2 aromatic rings. The van der Waals surface area contributed by atoms with Gasteiger partial charge in [-0.15, -0.1) is 0 Å². The fourth-order valence-electron chi connectivity index (χ4n) is 3.91. The highest BCUT2D eigenvalue weighted by atomic mass is 32.2. The molecule has 2 aromatic heterocycles. The van der Waals surface area contributed by atoms with Crippen molar-refractivity contribution in [1.82, 2.24) is 15.0 Å². The average molecular weight is 359 g/mol. The number of anilines is 1. The first-order chi connectivity index (χ1) is 12.0. The summed E-state index contributed by atoms with van der Waals surface area (Å²) in [7, 11) is -1.05. The van der Waals surface area contributed by atoms with Crippen LogP contribution in [-0.2, 0) is 9.84 Å². The van der Waals surface area contributed by atoms with Crippen molar-refractivity contribution < 1.29 is 8.42 Å². The van der Waals surface area contributed by atoms with Crippen molar-refractivity contribution in [2.24, 2.45) is 11.8 Å². The quantitative estimate of drug-likeness (QED) is 0.845. The summed E-state index contributed by atoms with van der Waals surface area (Å²) in [6, 6.07) is 4.35. The SMILES string of the molecule is CN(c1ncnc2[nH]ccc12)C1CC(CS(=O)(=O)[C@H]2C[C@@H]2CC#N)C1. The predicted octanol–water partition coefficient (Wildman–Crippen LogP) is 1.89. The lowest BCUT2D eigenvalue weighted by Crippen LogP contribution is -2.45. The molecule has 0 amide bonds. The largest absolute Gasteiger partial charge is 0.356 e. The van der Waals surface area contributed by atoms with E-state index in [1.807, 2.05) is 19.3 Å². The third-order valence-corrected chi connectivity index (χ3v) is 8.00. The van der Waals surface area contributed by atoms with Gasteiger partial charge in [0.05, 0.1) is 22.5 Å². The van der Waals surface area contributed by atoms with E-state index in [4.69, 9.17) is 5.26 Å². The first-order valence-electron chi connectivity index (χ1n) is 8.59. The van der Waals surface area contributed by atoms with Gasteiger partial charge in [0.15, 0.2) is 9.84 Å². The Morgan fingerprint density at radius 2 is 2.16 bits per heavy atom. The number of sulfone groups is 1. The summed E-state index contributed by atoms with van der Waals surface area (Å²) in [6.45, 7) is 0. The Bertz CT molecular complexity index is 926. The summed E-state index contributed by atoms with van der Waals surface area (Å²) >= 11 is 0. The van der Waals surface area contributed by atoms with E-state index in [-0.39, 0.29) is 22.8 Å². The molecule has 4 rings (SSSR count). The van der Waals surface area contributed by atoms with E-state index in [2.05, 4.69) is 25.9 Å². The van der Waals surface area contributed by atoms with E-state index in [0.29, 0.717) is 18.9 Å². The lowest BCUT2D eigenvalue weighted by atomic mass is 9.81. The highest BCUT2D eigenvalue weighted by molar-refractivity contribution is 7.92. The zero-order valence-electron chi connectivity index (χ0n) is 14.1. The number of nitrogens with one attached hydrogen (secondary N) is 1. The molecule has 2 saturated carbocycles. The van der Waals surface area contributed by atoms with Crippen LogP contribution in [0.25, 0.3) is 11.0 Å². The third kappa shape index (κ3) is 2.97. The number of nitriles is 1. The van der Waals surface area contributed by atoms with Gasteiger partial charge in [0.25, 0.3) is 0 Å². The predicted molar refractivity (Wildman–Crippen MR) is 94.7 cm³/mol. The van der Waals surface area contributed by atoms with Crippen molar-refractivity contribution in [1.29, 1.82) is 5.26 Å². The van der Waals surface area contributed by atoms with E-state index >= 15 is 0 Å². The van der Waals surface area contributed by atoms with Crippen molar-refractivity contribution >= 4 is 26.7 Å². The summed E-state index contributed by atoms with van der Waals surface area (Å²) in [5.41, 5.74) is 0.813. The number of hydrogen-bond donors (Lipinski definition) is 1. The summed E-state index contributed by atoms with van der Waals surface area (Å²) in [4.78, 5) is 13.8. The molecule has 0 aromatic carbocycles. The Labute approximate surface area is 147 Å². The smallest absolute Gasteiger partial charge is 0.153 e. The van der Waals surface area contributed by atoms with Gasteiger partial charge in [-0.2, -0.15) is 5.26 Å². The molecule has 1 N–H and O–H groups in total. The van der Waals surface area contributed by atoms with Crippen molar-refractivity contribution in [2.45, 2.75) is 37.0 Å². The number of H-pyrrole nitrogens is 1. The number of hydrogen-bond acceptors (Lipinski definition) is 6. The highest BCUT2D eigenvalue weighted by Gasteiger charge is 2.48. The number of fused-ring (bicyclic) bond motifs is 1. The molecule has 7 nitrogen and oxygen atoms in total. The van der Waals surface area contributed by atoms with E-state index in [1.165, 1.54) is 0 Å². The maximum atomic E-state index is 12.4. The number of nitrogens with zero attached hydrogens (tertiary/aromatic N) is 4. The molecule has 2 heterocycles. The number of aromatic nitrogens is 3. The van der Waals surface area contributed by atoms with Crippen LogP contribution in [0.1, 0.15) is 25.7 Å². The molecule has 0 radical (unpaired) electrons. The molecule has 0 aliphatic heterocycles. The fraction of sp³-hybridized carbons (Fsp3) is 0.588. The number of rotatable bonds is 6. The second-order valence-corrected chi connectivity index (χ2v) is 9.53. The maximum absolute atomic E-state index is 12.4. The highest BCUT2D eigenvalue weighted by Crippen LogP contribution is 2.43. The van der Waals surface area contributed by atoms with Crippen molar-refractivity contribution in [3.63, 3.8) is 0 Å². The molecule has 2 aliphatic rings. The van der Waals surface area contributed by atoms with Crippen LogP contribution < -0.4 is 4.90 Å². The molecule has 8 heteroatoms. The van der Waals surface area contributed by atoms with Crippen molar-refractivity contribution in [3.05, 3.63) is 18.6 Å². The third-order valence-electron chi connectivity index (χ3n) is 5.57. The Kier molecular flexibility index (Phi) is 3.91. The van der Waals surface area contributed by atoms with Crippen LogP contribution >= 0.6 is 0 Å². The Balaban J connectivity index is 1.36. The van der Waals surface area contributed by atoms with Crippen molar-refractivity contribution in [2.75, 3.05) is 17.7 Å². The summed E-state index contributed by atoms with van der Waals surface area (Å²) in [5, 5.41) is 9.41. The van der Waals surface area contributed by atoms with Gasteiger partial charge in [-0.3, -0.25) is 0 Å². The van der Waals surface area contributed by atoms with Gasteiger partial charge in [-0.05, 0) is 37.2 Å². The minimum absolute atomic E-state index is 0.0661. The van der Waals surface area contributed by atoms with Crippen LogP contribution in [0.15, 0.2) is 18.6 Å². The van der Waals surface area contributed by atoms with Gasteiger partial charge in [-0.25, -0.2) is 18.4 Å². The average Bonchev–Trinajstić information content (AvgIpc) is 3.17. The van der Waals surface area contributed by atoms with Crippen LogP contribution in [0, 0.1) is 23.2 Å². The van der Waals surface area contributed by atoms with Gasteiger partial charge in [0.2, 0.25) is 0 Å². The first kappa shape index (κ1) is 16.3. The molecule has 2 atom stereocenters. The molecule has 0 saturated heterocycles. The fourth-order valence-corrected chi connectivity index (χ4v) is 6.31. The Hall–Kier alpha value is -2.14. The monoisotopic (exact) mass is 359 g/mol. The second kappa shape index (κ2) is 5.99. The normalized spacial score (nSPS) is 28.3. The zero-order valence-corrected chi connectivity index (χ0v) is 14.9. The van der Waals surface area contributed by atoms with Gasteiger partial charge in [-0.1, -0.05) is 0 Å².